The molecule has 0 aliphatic heterocycles. The van der Waals surface area contributed by atoms with Gasteiger partial charge in [0, 0.05) is 24.5 Å². The lowest BCUT2D eigenvalue weighted by molar-refractivity contribution is -0.133. The van der Waals surface area contributed by atoms with E-state index in [4.69, 9.17) is 5.73 Å². The van der Waals surface area contributed by atoms with Crippen LogP contribution in [0.2, 0.25) is 0 Å². The molecule has 2 aliphatic rings. The van der Waals surface area contributed by atoms with E-state index >= 15 is 0 Å². The number of carbonyl (C=O) groups is 1. The molecule has 0 radical (unpaired) electrons. The van der Waals surface area contributed by atoms with Crippen LogP contribution in [-0.4, -0.2) is 22.4 Å². The van der Waals surface area contributed by atoms with Gasteiger partial charge in [-0.25, -0.2) is 0 Å². The van der Waals surface area contributed by atoms with Crippen LogP contribution in [-0.2, 0) is 11.3 Å². The van der Waals surface area contributed by atoms with E-state index < -0.39 is 0 Å². The normalized spacial score (nSPS) is 20.9. The Bertz CT molecular complexity index is 461. The maximum Gasteiger partial charge on any atom is 0.224 e. The SMILES string of the molecule is NC1(CC(=O)N(Cc2ccccc2)C2CC2)CCCC1. The summed E-state index contributed by atoms with van der Waals surface area (Å²) in [6, 6.07) is 10.7. The monoisotopic (exact) mass is 272 g/mol. The van der Waals surface area contributed by atoms with E-state index in [9.17, 15) is 4.79 Å². The van der Waals surface area contributed by atoms with Gasteiger partial charge in [-0.1, -0.05) is 43.2 Å². The van der Waals surface area contributed by atoms with Crippen LogP contribution in [0.3, 0.4) is 0 Å². The smallest absolute Gasteiger partial charge is 0.224 e. The molecule has 0 atom stereocenters. The third-order valence-electron chi connectivity index (χ3n) is 4.61. The number of hydrogen-bond donors (Lipinski definition) is 1. The molecule has 2 fully saturated rings. The second kappa shape index (κ2) is 5.57. The lowest BCUT2D eigenvalue weighted by atomic mass is 9.94. The number of rotatable bonds is 5. The van der Waals surface area contributed by atoms with Crippen LogP contribution in [0.4, 0.5) is 0 Å². The molecule has 2 saturated carbocycles. The Hall–Kier alpha value is -1.35. The van der Waals surface area contributed by atoms with Crippen LogP contribution in [0.1, 0.15) is 50.5 Å². The fourth-order valence-corrected chi connectivity index (χ4v) is 3.25. The third kappa shape index (κ3) is 3.21. The van der Waals surface area contributed by atoms with E-state index in [-0.39, 0.29) is 11.4 Å². The van der Waals surface area contributed by atoms with E-state index in [1.165, 1.54) is 18.4 Å². The Morgan fingerprint density at radius 2 is 1.85 bits per heavy atom. The molecular weight excluding hydrogens is 248 g/mol. The molecule has 0 heterocycles. The van der Waals surface area contributed by atoms with E-state index in [0.29, 0.717) is 12.5 Å². The van der Waals surface area contributed by atoms with Crippen LogP contribution < -0.4 is 5.73 Å². The first kappa shape index (κ1) is 13.6. The topological polar surface area (TPSA) is 46.3 Å². The average Bonchev–Trinajstić information content (AvgIpc) is 3.19. The Kier molecular flexibility index (Phi) is 3.79. The summed E-state index contributed by atoms with van der Waals surface area (Å²) in [7, 11) is 0. The fraction of sp³-hybridized carbons (Fsp3) is 0.588. The average molecular weight is 272 g/mol. The van der Waals surface area contributed by atoms with E-state index in [2.05, 4.69) is 17.0 Å². The maximum absolute atomic E-state index is 12.6. The molecule has 1 amide bonds. The molecule has 1 aromatic carbocycles. The van der Waals surface area contributed by atoms with Gasteiger partial charge >= 0.3 is 0 Å². The molecule has 1 aromatic rings. The minimum Gasteiger partial charge on any atom is -0.335 e. The molecule has 3 nitrogen and oxygen atoms in total. The number of carbonyl (C=O) groups excluding carboxylic acids is 1. The summed E-state index contributed by atoms with van der Waals surface area (Å²) in [6.07, 6.45) is 7.17. The van der Waals surface area contributed by atoms with Crippen molar-refractivity contribution in [2.24, 2.45) is 5.73 Å². The summed E-state index contributed by atoms with van der Waals surface area (Å²) in [5.41, 5.74) is 7.34. The molecule has 108 valence electrons. The number of hydrogen-bond acceptors (Lipinski definition) is 2. The minimum absolute atomic E-state index is 0.235. The van der Waals surface area contributed by atoms with Crippen LogP contribution in [0.5, 0.6) is 0 Å². The highest BCUT2D eigenvalue weighted by Crippen LogP contribution is 2.34. The predicted octanol–water partition coefficient (Wildman–Crippen LogP) is 2.84. The van der Waals surface area contributed by atoms with Crippen LogP contribution in [0.15, 0.2) is 30.3 Å². The lowest BCUT2D eigenvalue weighted by Crippen LogP contribution is -2.44. The van der Waals surface area contributed by atoms with Crippen LogP contribution in [0, 0.1) is 0 Å². The fourth-order valence-electron chi connectivity index (χ4n) is 3.25. The van der Waals surface area contributed by atoms with Gasteiger partial charge in [-0.2, -0.15) is 0 Å². The van der Waals surface area contributed by atoms with Crippen LogP contribution in [0.25, 0.3) is 0 Å². The molecule has 2 N–H and O–H groups in total. The highest BCUT2D eigenvalue weighted by Gasteiger charge is 2.37. The second-order valence-corrected chi connectivity index (χ2v) is 6.48. The Morgan fingerprint density at radius 3 is 2.45 bits per heavy atom. The molecular formula is C17H24N2O. The molecule has 0 saturated heterocycles. The van der Waals surface area contributed by atoms with E-state index in [1.54, 1.807) is 0 Å². The Morgan fingerprint density at radius 1 is 1.20 bits per heavy atom. The summed E-state index contributed by atoms with van der Waals surface area (Å²) < 4.78 is 0. The first-order valence-corrected chi connectivity index (χ1v) is 7.79. The largest absolute Gasteiger partial charge is 0.335 e. The van der Waals surface area contributed by atoms with Crippen molar-refractivity contribution in [1.82, 2.24) is 4.90 Å². The van der Waals surface area contributed by atoms with Crippen molar-refractivity contribution < 1.29 is 4.79 Å². The zero-order valence-corrected chi connectivity index (χ0v) is 12.1. The van der Waals surface area contributed by atoms with Gasteiger partial charge in [-0.3, -0.25) is 4.79 Å². The summed E-state index contributed by atoms with van der Waals surface area (Å²) in [5.74, 6) is 0.251. The molecule has 3 heteroatoms. The summed E-state index contributed by atoms with van der Waals surface area (Å²) >= 11 is 0. The molecule has 0 aromatic heterocycles. The van der Waals surface area contributed by atoms with Crippen LogP contribution >= 0.6 is 0 Å². The van der Waals surface area contributed by atoms with Gasteiger partial charge in [0.25, 0.3) is 0 Å². The Labute approximate surface area is 121 Å². The molecule has 0 unspecified atom stereocenters. The summed E-state index contributed by atoms with van der Waals surface area (Å²) in [4.78, 5) is 14.7. The summed E-state index contributed by atoms with van der Waals surface area (Å²) in [5, 5.41) is 0. The zero-order valence-electron chi connectivity index (χ0n) is 12.1. The number of amides is 1. The number of nitrogens with zero attached hydrogens (tertiary/aromatic N) is 1. The van der Waals surface area contributed by atoms with Crippen molar-refractivity contribution in [2.75, 3.05) is 0 Å². The molecule has 3 rings (SSSR count). The van der Waals surface area contributed by atoms with Crippen molar-refractivity contribution in [2.45, 2.75) is 63.1 Å². The van der Waals surface area contributed by atoms with Crippen molar-refractivity contribution in [3.05, 3.63) is 35.9 Å². The molecule has 2 aliphatic carbocycles. The molecule has 0 bridgehead atoms. The van der Waals surface area contributed by atoms with Gasteiger partial charge in [-0.05, 0) is 31.2 Å². The Balaban J connectivity index is 1.66. The van der Waals surface area contributed by atoms with Gasteiger partial charge in [0.2, 0.25) is 5.91 Å². The predicted molar refractivity (Wildman–Crippen MR) is 80.0 cm³/mol. The van der Waals surface area contributed by atoms with E-state index in [1.807, 2.05) is 18.2 Å². The van der Waals surface area contributed by atoms with Crippen molar-refractivity contribution in [3.63, 3.8) is 0 Å². The minimum atomic E-state index is -0.235. The van der Waals surface area contributed by atoms with E-state index in [0.717, 1.165) is 32.2 Å². The third-order valence-corrected chi connectivity index (χ3v) is 4.61. The number of nitrogens with two attached hydrogens (primary N) is 1. The van der Waals surface area contributed by atoms with Gasteiger partial charge in [-0.15, -0.1) is 0 Å². The second-order valence-electron chi connectivity index (χ2n) is 6.48. The zero-order chi connectivity index (χ0) is 14.0. The summed E-state index contributed by atoms with van der Waals surface area (Å²) in [6.45, 7) is 0.737. The first-order chi connectivity index (χ1) is 9.66. The van der Waals surface area contributed by atoms with Crippen molar-refractivity contribution in [3.8, 4) is 0 Å². The highest BCUT2D eigenvalue weighted by molar-refractivity contribution is 5.78. The standard InChI is InChI=1S/C17H24N2O/c18-17(10-4-5-11-17)12-16(20)19(15-8-9-15)13-14-6-2-1-3-7-14/h1-3,6-7,15H,4-5,8-13,18H2. The molecule has 0 spiro atoms. The first-order valence-electron chi connectivity index (χ1n) is 7.79. The quantitative estimate of drug-likeness (QED) is 0.896. The van der Waals surface area contributed by atoms with Gasteiger partial charge in [0.15, 0.2) is 0 Å². The van der Waals surface area contributed by atoms with Crippen molar-refractivity contribution >= 4 is 5.91 Å². The maximum atomic E-state index is 12.6. The van der Waals surface area contributed by atoms with Gasteiger partial charge < -0.3 is 10.6 Å². The lowest BCUT2D eigenvalue weighted by Gasteiger charge is -2.29. The highest BCUT2D eigenvalue weighted by atomic mass is 16.2. The van der Waals surface area contributed by atoms with Gasteiger partial charge in [0.1, 0.15) is 0 Å². The number of benzene rings is 1. The molecule has 20 heavy (non-hydrogen) atoms. The van der Waals surface area contributed by atoms with Crippen molar-refractivity contribution in [1.29, 1.82) is 0 Å². The van der Waals surface area contributed by atoms with Gasteiger partial charge in [0.05, 0.1) is 0 Å².